The zero-order valence-corrected chi connectivity index (χ0v) is 13.6. The SMILES string of the molecule is CC1Cc2c(n(C)c3ccccc23)C(c2ccccn2)N1.Cl. The number of aryl methyl sites for hydroxylation is 1. The minimum absolute atomic E-state index is 0. The number of nitrogens with zero attached hydrogens (tertiary/aromatic N) is 2. The van der Waals surface area contributed by atoms with E-state index in [0.717, 1.165) is 12.1 Å². The Hall–Kier alpha value is -1.84. The maximum Gasteiger partial charge on any atom is 0.0910 e. The third kappa shape index (κ3) is 2.21. The van der Waals surface area contributed by atoms with Gasteiger partial charge >= 0.3 is 0 Å². The van der Waals surface area contributed by atoms with Crippen LogP contribution in [0.3, 0.4) is 0 Å². The van der Waals surface area contributed by atoms with Crippen molar-refractivity contribution in [1.29, 1.82) is 0 Å². The third-order valence-electron chi connectivity index (χ3n) is 4.48. The monoisotopic (exact) mass is 313 g/mol. The number of nitrogens with one attached hydrogen (secondary N) is 1. The average Bonchev–Trinajstić information content (AvgIpc) is 2.81. The van der Waals surface area contributed by atoms with Crippen molar-refractivity contribution in [2.75, 3.05) is 0 Å². The molecular formula is C18H20ClN3. The fraction of sp³-hybridized carbons (Fsp3) is 0.278. The topological polar surface area (TPSA) is 29.9 Å². The first kappa shape index (κ1) is 15.1. The van der Waals surface area contributed by atoms with Gasteiger partial charge in [-0.15, -0.1) is 12.4 Å². The van der Waals surface area contributed by atoms with Gasteiger partial charge in [0, 0.05) is 35.9 Å². The molecule has 0 spiro atoms. The fourth-order valence-corrected chi connectivity index (χ4v) is 3.57. The Labute approximate surface area is 136 Å². The van der Waals surface area contributed by atoms with E-state index in [1.807, 2.05) is 12.3 Å². The molecule has 2 unspecified atom stereocenters. The van der Waals surface area contributed by atoms with Gasteiger partial charge in [-0.05, 0) is 37.1 Å². The molecule has 3 aromatic rings. The Balaban J connectivity index is 0.00000144. The molecule has 0 saturated heterocycles. The summed E-state index contributed by atoms with van der Waals surface area (Å²) in [5, 5.41) is 5.09. The molecule has 1 aliphatic heterocycles. The van der Waals surface area contributed by atoms with E-state index in [2.05, 4.69) is 65.2 Å². The largest absolute Gasteiger partial charge is 0.346 e. The van der Waals surface area contributed by atoms with Gasteiger partial charge in [0.25, 0.3) is 0 Å². The first-order chi connectivity index (χ1) is 10.3. The summed E-state index contributed by atoms with van der Waals surface area (Å²) >= 11 is 0. The molecule has 1 aliphatic rings. The number of benzene rings is 1. The molecule has 1 N–H and O–H groups in total. The van der Waals surface area contributed by atoms with Crippen LogP contribution in [0.2, 0.25) is 0 Å². The second-order valence-corrected chi connectivity index (χ2v) is 5.90. The van der Waals surface area contributed by atoms with Crippen LogP contribution in [0.25, 0.3) is 10.9 Å². The summed E-state index contributed by atoms with van der Waals surface area (Å²) < 4.78 is 2.32. The van der Waals surface area contributed by atoms with Crippen LogP contribution in [0.15, 0.2) is 48.7 Å². The van der Waals surface area contributed by atoms with Gasteiger partial charge in [0.15, 0.2) is 0 Å². The second-order valence-electron chi connectivity index (χ2n) is 5.90. The summed E-state index contributed by atoms with van der Waals surface area (Å²) in [6, 6.07) is 15.4. The van der Waals surface area contributed by atoms with Crippen LogP contribution < -0.4 is 5.32 Å². The van der Waals surface area contributed by atoms with E-state index >= 15 is 0 Å². The quantitative estimate of drug-likeness (QED) is 0.743. The van der Waals surface area contributed by atoms with Crippen molar-refractivity contribution < 1.29 is 0 Å². The highest BCUT2D eigenvalue weighted by molar-refractivity contribution is 5.86. The summed E-state index contributed by atoms with van der Waals surface area (Å²) in [4.78, 5) is 4.57. The van der Waals surface area contributed by atoms with E-state index in [4.69, 9.17) is 0 Å². The van der Waals surface area contributed by atoms with Crippen LogP contribution in [0, 0.1) is 0 Å². The number of aromatic nitrogens is 2. The predicted molar refractivity (Wildman–Crippen MR) is 92.5 cm³/mol. The normalized spacial score (nSPS) is 20.5. The Bertz CT molecular complexity index is 795. The van der Waals surface area contributed by atoms with Crippen molar-refractivity contribution in [2.24, 2.45) is 7.05 Å². The lowest BCUT2D eigenvalue weighted by molar-refractivity contribution is 0.444. The molecule has 0 amide bonds. The standard InChI is InChI=1S/C18H19N3.ClH/c1-12-11-14-13-7-3-4-9-16(13)21(2)18(14)17(20-12)15-8-5-6-10-19-15;/h3-10,12,17,20H,11H2,1-2H3;1H. The number of halogens is 1. The van der Waals surface area contributed by atoms with E-state index in [-0.39, 0.29) is 18.4 Å². The Morgan fingerprint density at radius 1 is 1.14 bits per heavy atom. The lowest BCUT2D eigenvalue weighted by atomic mass is 9.93. The Kier molecular flexibility index (Phi) is 3.94. The van der Waals surface area contributed by atoms with E-state index < -0.39 is 0 Å². The maximum absolute atomic E-state index is 4.57. The molecule has 0 saturated carbocycles. The van der Waals surface area contributed by atoms with Crippen molar-refractivity contribution in [3.8, 4) is 0 Å². The van der Waals surface area contributed by atoms with E-state index in [1.165, 1.54) is 22.2 Å². The Morgan fingerprint density at radius 3 is 2.68 bits per heavy atom. The zero-order valence-electron chi connectivity index (χ0n) is 12.8. The van der Waals surface area contributed by atoms with Gasteiger partial charge in [0.2, 0.25) is 0 Å². The lowest BCUT2D eigenvalue weighted by Crippen LogP contribution is -2.39. The molecule has 2 atom stereocenters. The summed E-state index contributed by atoms with van der Waals surface area (Å²) in [6.45, 7) is 2.25. The zero-order chi connectivity index (χ0) is 14.4. The number of rotatable bonds is 1. The molecule has 0 aliphatic carbocycles. The molecule has 0 radical (unpaired) electrons. The minimum Gasteiger partial charge on any atom is -0.346 e. The molecule has 4 heteroatoms. The first-order valence-corrected chi connectivity index (χ1v) is 7.49. The molecule has 2 aromatic heterocycles. The summed E-state index contributed by atoms with van der Waals surface area (Å²) in [5.74, 6) is 0. The van der Waals surface area contributed by atoms with Gasteiger partial charge in [-0.3, -0.25) is 4.98 Å². The average molecular weight is 314 g/mol. The molecule has 0 bridgehead atoms. The third-order valence-corrected chi connectivity index (χ3v) is 4.48. The van der Waals surface area contributed by atoms with E-state index in [1.54, 1.807) is 0 Å². The first-order valence-electron chi connectivity index (χ1n) is 7.49. The van der Waals surface area contributed by atoms with Crippen LogP contribution in [-0.4, -0.2) is 15.6 Å². The predicted octanol–water partition coefficient (Wildman–Crippen LogP) is 3.62. The van der Waals surface area contributed by atoms with E-state index in [0.29, 0.717) is 6.04 Å². The Morgan fingerprint density at radius 2 is 1.91 bits per heavy atom. The van der Waals surface area contributed by atoms with Gasteiger partial charge in [0.1, 0.15) is 0 Å². The molecule has 22 heavy (non-hydrogen) atoms. The van der Waals surface area contributed by atoms with Crippen molar-refractivity contribution in [3.63, 3.8) is 0 Å². The van der Waals surface area contributed by atoms with Crippen molar-refractivity contribution >= 4 is 23.3 Å². The smallest absolute Gasteiger partial charge is 0.0910 e. The van der Waals surface area contributed by atoms with Gasteiger partial charge in [-0.1, -0.05) is 24.3 Å². The number of fused-ring (bicyclic) bond motifs is 3. The van der Waals surface area contributed by atoms with Crippen LogP contribution in [0.4, 0.5) is 0 Å². The molecule has 1 aromatic carbocycles. The fourth-order valence-electron chi connectivity index (χ4n) is 3.57. The number of hydrogen-bond donors (Lipinski definition) is 1. The highest BCUT2D eigenvalue weighted by atomic mass is 35.5. The molecular weight excluding hydrogens is 294 g/mol. The number of pyridine rings is 1. The minimum atomic E-state index is 0. The van der Waals surface area contributed by atoms with Gasteiger partial charge in [-0.2, -0.15) is 0 Å². The summed E-state index contributed by atoms with van der Waals surface area (Å²) in [5.41, 5.74) is 5.22. The molecule has 3 nitrogen and oxygen atoms in total. The van der Waals surface area contributed by atoms with Crippen molar-refractivity contribution in [2.45, 2.75) is 25.4 Å². The summed E-state index contributed by atoms with van der Waals surface area (Å²) in [7, 11) is 2.16. The van der Waals surface area contributed by atoms with Gasteiger partial charge in [0.05, 0.1) is 11.7 Å². The highest BCUT2D eigenvalue weighted by Crippen LogP contribution is 2.36. The van der Waals surface area contributed by atoms with Crippen LogP contribution >= 0.6 is 12.4 Å². The summed E-state index contributed by atoms with van der Waals surface area (Å²) in [6.07, 6.45) is 2.94. The number of hydrogen-bond acceptors (Lipinski definition) is 2. The lowest BCUT2D eigenvalue weighted by Gasteiger charge is -2.30. The maximum atomic E-state index is 4.57. The van der Waals surface area contributed by atoms with Crippen LogP contribution in [0.5, 0.6) is 0 Å². The molecule has 4 rings (SSSR count). The second kappa shape index (κ2) is 5.75. The van der Waals surface area contributed by atoms with Crippen LogP contribution in [0.1, 0.15) is 29.9 Å². The molecule has 114 valence electrons. The highest BCUT2D eigenvalue weighted by Gasteiger charge is 2.30. The number of para-hydroxylation sites is 1. The van der Waals surface area contributed by atoms with Crippen LogP contribution in [-0.2, 0) is 13.5 Å². The van der Waals surface area contributed by atoms with E-state index in [9.17, 15) is 0 Å². The molecule has 3 heterocycles. The molecule has 0 fully saturated rings. The van der Waals surface area contributed by atoms with Gasteiger partial charge in [-0.25, -0.2) is 0 Å². The van der Waals surface area contributed by atoms with Gasteiger partial charge < -0.3 is 9.88 Å². The van der Waals surface area contributed by atoms with Crippen molar-refractivity contribution in [3.05, 3.63) is 65.6 Å². The van der Waals surface area contributed by atoms with Crippen molar-refractivity contribution in [1.82, 2.24) is 14.9 Å².